The van der Waals surface area contributed by atoms with Gasteiger partial charge in [0.1, 0.15) is 12.0 Å². The maximum absolute atomic E-state index is 5.34. The summed E-state index contributed by atoms with van der Waals surface area (Å²) in [6.45, 7) is 0. The molecule has 3 rings (SSSR count). The van der Waals surface area contributed by atoms with Crippen molar-refractivity contribution < 1.29 is 4.52 Å². The third-order valence-electron chi connectivity index (χ3n) is 4.06. The van der Waals surface area contributed by atoms with Gasteiger partial charge in [0, 0.05) is 32.3 Å². The van der Waals surface area contributed by atoms with Crippen LogP contribution in [0.4, 0.5) is 0 Å². The van der Waals surface area contributed by atoms with Crippen LogP contribution in [0.3, 0.4) is 0 Å². The Bertz CT molecular complexity index is 738. The molecule has 23 heavy (non-hydrogen) atoms. The molecule has 0 N–H and O–H groups in total. The number of rotatable bonds is 5. The van der Waals surface area contributed by atoms with E-state index in [9.17, 15) is 0 Å². The van der Waals surface area contributed by atoms with Crippen molar-refractivity contribution in [3.63, 3.8) is 0 Å². The lowest BCUT2D eigenvalue weighted by Gasteiger charge is -2.33. The molecule has 0 aliphatic rings. The molecule has 118 valence electrons. The quantitative estimate of drug-likeness (QED) is 0.670. The standard InChI is InChI=1S/C19H21N3O/c1-21(2)22(3)19(16-12-8-5-9-13-16)17-14-23-20-18(17)15-10-6-4-7-11-15/h4-14,19H,1-3H3. The smallest absolute Gasteiger partial charge is 0.129 e. The molecule has 2 aromatic carbocycles. The molecule has 0 saturated carbocycles. The fraction of sp³-hybridized carbons (Fsp3) is 0.211. The molecule has 3 aromatic rings. The largest absolute Gasteiger partial charge is 0.364 e. The molecule has 0 amide bonds. The second kappa shape index (κ2) is 6.77. The van der Waals surface area contributed by atoms with Crippen LogP contribution in [0.2, 0.25) is 0 Å². The Kier molecular flexibility index (Phi) is 4.55. The summed E-state index contributed by atoms with van der Waals surface area (Å²) in [5.74, 6) is 0. The molecule has 1 unspecified atom stereocenters. The Morgan fingerprint density at radius 1 is 0.870 bits per heavy atom. The van der Waals surface area contributed by atoms with Crippen molar-refractivity contribution in [2.75, 3.05) is 21.1 Å². The molecular weight excluding hydrogens is 286 g/mol. The summed E-state index contributed by atoms with van der Waals surface area (Å²) < 4.78 is 5.34. The van der Waals surface area contributed by atoms with Crippen LogP contribution in [0.5, 0.6) is 0 Å². The predicted octanol–water partition coefficient (Wildman–Crippen LogP) is 3.84. The average molecular weight is 307 g/mol. The van der Waals surface area contributed by atoms with Gasteiger partial charge in [-0.25, -0.2) is 10.0 Å². The van der Waals surface area contributed by atoms with Crippen molar-refractivity contribution in [1.29, 1.82) is 0 Å². The number of nitrogens with zero attached hydrogens (tertiary/aromatic N) is 3. The fourth-order valence-corrected chi connectivity index (χ4v) is 2.72. The van der Waals surface area contributed by atoms with Crippen molar-refractivity contribution in [2.24, 2.45) is 0 Å². The molecule has 1 heterocycles. The number of benzene rings is 2. The van der Waals surface area contributed by atoms with E-state index in [1.165, 1.54) is 5.56 Å². The van der Waals surface area contributed by atoms with E-state index in [1.807, 2.05) is 38.4 Å². The highest BCUT2D eigenvalue weighted by Gasteiger charge is 2.26. The van der Waals surface area contributed by atoms with Gasteiger partial charge in [0.05, 0.1) is 6.04 Å². The van der Waals surface area contributed by atoms with Gasteiger partial charge in [0.15, 0.2) is 0 Å². The Morgan fingerprint density at radius 3 is 2.09 bits per heavy atom. The summed E-state index contributed by atoms with van der Waals surface area (Å²) in [5.41, 5.74) is 4.19. The van der Waals surface area contributed by atoms with E-state index in [0.717, 1.165) is 16.8 Å². The van der Waals surface area contributed by atoms with Crippen molar-refractivity contribution in [1.82, 2.24) is 15.2 Å². The second-order valence-electron chi connectivity index (χ2n) is 5.72. The molecule has 1 atom stereocenters. The monoisotopic (exact) mass is 307 g/mol. The van der Waals surface area contributed by atoms with Crippen LogP contribution in [0, 0.1) is 0 Å². The number of hydrogen-bond acceptors (Lipinski definition) is 4. The molecule has 4 nitrogen and oxygen atoms in total. The number of hydrazine groups is 1. The molecule has 1 aromatic heterocycles. The molecule has 0 aliphatic heterocycles. The van der Waals surface area contributed by atoms with Crippen LogP contribution in [0.15, 0.2) is 71.4 Å². The van der Waals surface area contributed by atoms with Gasteiger partial charge >= 0.3 is 0 Å². The Labute approximate surface area is 136 Å². The molecule has 0 spiro atoms. The van der Waals surface area contributed by atoms with Gasteiger partial charge in [0.25, 0.3) is 0 Å². The van der Waals surface area contributed by atoms with Crippen LogP contribution in [-0.4, -0.2) is 36.3 Å². The average Bonchev–Trinajstić information content (AvgIpc) is 3.06. The van der Waals surface area contributed by atoms with E-state index in [1.54, 1.807) is 6.26 Å². The highest BCUT2D eigenvalue weighted by molar-refractivity contribution is 5.63. The molecule has 4 heteroatoms. The van der Waals surface area contributed by atoms with E-state index in [0.29, 0.717) is 0 Å². The van der Waals surface area contributed by atoms with E-state index >= 15 is 0 Å². The summed E-state index contributed by atoms with van der Waals surface area (Å²) >= 11 is 0. The highest BCUT2D eigenvalue weighted by Crippen LogP contribution is 2.34. The van der Waals surface area contributed by atoms with Crippen LogP contribution in [-0.2, 0) is 0 Å². The lowest BCUT2D eigenvalue weighted by Crippen LogP contribution is -2.37. The second-order valence-corrected chi connectivity index (χ2v) is 5.72. The van der Waals surface area contributed by atoms with Gasteiger partial charge in [-0.3, -0.25) is 0 Å². The van der Waals surface area contributed by atoms with Crippen molar-refractivity contribution in [3.8, 4) is 11.3 Å². The van der Waals surface area contributed by atoms with Crippen molar-refractivity contribution in [3.05, 3.63) is 78.1 Å². The fourth-order valence-electron chi connectivity index (χ4n) is 2.72. The number of hydrogen-bond donors (Lipinski definition) is 0. The Morgan fingerprint density at radius 2 is 1.48 bits per heavy atom. The molecule has 0 bridgehead atoms. The highest BCUT2D eigenvalue weighted by atomic mass is 16.5. The van der Waals surface area contributed by atoms with E-state index in [4.69, 9.17) is 4.52 Å². The lowest BCUT2D eigenvalue weighted by molar-refractivity contribution is 0.0247. The van der Waals surface area contributed by atoms with Crippen LogP contribution < -0.4 is 0 Å². The van der Waals surface area contributed by atoms with Crippen LogP contribution in [0.1, 0.15) is 17.2 Å². The minimum atomic E-state index is 0.0349. The summed E-state index contributed by atoms with van der Waals surface area (Å²) in [6.07, 6.45) is 1.75. The maximum atomic E-state index is 5.34. The third-order valence-corrected chi connectivity index (χ3v) is 4.06. The van der Waals surface area contributed by atoms with E-state index in [-0.39, 0.29) is 6.04 Å². The minimum Gasteiger partial charge on any atom is -0.364 e. The first-order valence-electron chi connectivity index (χ1n) is 7.63. The first kappa shape index (κ1) is 15.5. The van der Waals surface area contributed by atoms with Crippen molar-refractivity contribution >= 4 is 0 Å². The van der Waals surface area contributed by atoms with Gasteiger partial charge in [-0.2, -0.15) is 0 Å². The van der Waals surface area contributed by atoms with Gasteiger partial charge < -0.3 is 4.52 Å². The first-order valence-corrected chi connectivity index (χ1v) is 7.63. The van der Waals surface area contributed by atoms with E-state index < -0.39 is 0 Å². The van der Waals surface area contributed by atoms with Gasteiger partial charge in [-0.05, 0) is 5.56 Å². The zero-order valence-corrected chi connectivity index (χ0v) is 13.7. The van der Waals surface area contributed by atoms with Crippen molar-refractivity contribution in [2.45, 2.75) is 6.04 Å². The number of aromatic nitrogens is 1. The normalized spacial score (nSPS) is 12.7. The molecular formula is C19H21N3O. The first-order chi connectivity index (χ1) is 11.2. The Hall–Kier alpha value is -2.43. The zero-order chi connectivity index (χ0) is 16.2. The maximum Gasteiger partial charge on any atom is 0.129 e. The van der Waals surface area contributed by atoms with E-state index in [2.05, 4.69) is 58.6 Å². The minimum absolute atomic E-state index is 0.0349. The van der Waals surface area contributed by atoms with Gasteiger partial charge in [-0.1, -0.05) is 65.8 Å². The van der Waals surface area contributed by atoms with Gasteiger partial charge in [-0.15, -0.1) is 0 Å². The zero-order valence-electron chi connectivity index (χ0n) is 13.7. The van der Waals surface area contributed by atoms with Crippen LogP contribution >= 0.6 is 0 Å². The summed E-state index contributed by atoms with van der Waals surface area (Å²) in [5, 5.41) is 8.50. The molecule has 0 aliphatic carbocycles. The van der Waals surface area contributed by atoms with Crippen LogP contribution in [0.25, 0.3) is 11.3 Å². The molecule has 0 fully saturated rings. The lowest BCUT2D eigenvalue weighted by atomic mass is 9.96. The third kappa shape index (κ3) is 3.18. The molecule has 0 saturated heterocycles. The topological polar surface area (TPSA) is 32.5 Å². The van der Waals surface area contributed by atoms with Gasteiger partial charge in [0.2, 0.25) is 0 Å². The predicted molar refractivity (Wildman–Crippen MR) is 91.7 cm³/mol. The Balaban J connectivity index is 2.10. The summed E-state index contributed by atoms with van der Waals surface area (Å²) in [4.78, 5) is 0. The molecule has 0 radical (unpaired) electrons. The summed E-state index contributed by atoms with van der Waals surface area (Å²) in [6, 6.07) is 20.6. The SMILES string of the molecule is CN(C)N(C)C(c1ccccc1)c1conc1-c1ccccc1. The summed E-state index contributed by atoms with van der Waals surface area (Å²) in [7, 11) is 6.14.